The van der Waals surface area contributed by atoms with E-state index in [1.165, 1.54) is 21.6 Å². The van der Waals surface area contributed by atoms with E-state index >= 15 is 0 Å². The fraction of sp³-hybridized carbons (Fsp3) is 0.571. The second kappa shape index (κ2) is 11.4. The molecule has 1 atom stereocenters. The van der Waals surface area contributed by atoms with Gasteiger partial charge in [-0.2, -0.15) is 0 Å². The van der Waals surface area contributed by atoms with Crippen LogP contribution in [-0.4, -0.2) is 48.0 Å². The van der Waals surface area contributed by atoms with Crippen molar-refractivity contribution >= 4 is 41.9 Å². The van der Waals surface area contributed by atoms with E-state index in [4.69, 9.17) is 0 Å². The molecule has 1 aliphatic heterocycles. The van der Waals surface area contributed by atoms with Crippen LogP contribution in [0.1, 0.15) is 50.3 Å². The highest BCUT2D eigenvalue weighted by Crippen LogP contribution is 2.20. The molecular formula is C21H34IN5O2. The molecule has 1 saturated heterocycles. The lowest BCUT2D eigenvalue weighted by Crippen LogP contribution is -2.43. The molecule has 0 spiro atoms. The maximum atomic E-state index is 12.4. The van der Waals surface area contributed by atoms with E-state index in [-0.39, 0.29) is 35.9 Å². The summed E-state index contributed by atoms with van der Waals surface area (Å²) in [7, 11) is 0. The second-order valence-electron chi connectivity index (χ2n) is 7.48. The van der Waals surface area contributed by atoms with E-state index in [0.717, 1.165) is 12.5 Å². The van der Waals surface area contributed by atoms with Crippen LogP contribution in [0, 0.1) is 13.8 Å². The van der Waals surface area contributed by atoms with E-state index in [1.807, 2.05) is 13.8 Å². The Morgan fingerprint density at radius 2 is 1.93 bits per heavy atom. The first-order valence-electron chi connectivity index (χ1n) is 10.0. The molecule has 1 aromatic carbocycles. The Morgan fingerprint density at radius 1 is 1.21 bits per heavy atom. The van der Waals surface area contributed by atoms with Crippen LogP contribution in [0.4, 0.5) is 4.79 Å². The molecule has 7 nitrogen and oxygen atoms in total. The SMILES string of the molecule is CCNC(=NCc1ccc(C)cc1C)NCCCN1C(=O)NC(C)(CC)C1=O.I. The van der Waals surface area contributed by atoms with E-state index in [1.54, 1.807) is 6.92 Å². The summed E-state index contributed by atoms with van der Waals surface area (Å²) in [6, 6.07) is 6.07. The number of nitrogens with one attached hydrogen (secondary N) is 3. The number of halogens is 1. The second-order valence-corrected chi connectivity index (χ2v) is 7.48. The minimum absolute atomic E-state index is 0. The highest BCUT2D eigenvalue weighted by Gasteiger charge is 2.45. The number of amides is 3. The molecular weight excluding hydrogens is 481 g/mol. The van der Waals surface area contributed by atoms with Crippen molar-refractivity contribution in [2.75, 3.05) is 19.6 Å². The van der Waals surface area contributed by atoms with Crippen LogP contribution in [0.5, 0.6) is 0 Å². The Morgan fingerprint density at radius 3 is 2.52 bits per heavy atom. The number of carbonyl (C=O) groups is 2. The van der Waals surface area contributed by atoms with Crippen molar-refractivity contribution in [3.8, 4) is 0 Å². The molecule has 1 aromatic rings. The number of carbonyl (C=O) groups excluding carboxylic acids is 2. The van der Waals surface area contributed by atoms with Gasteiger partial charge in [0.2, 0.25) is 0 Å². The van der Waals surface area contributed by atoms with Gasteiger partial charge in [0.05, 0.1) is 6.54 Å². The molecule has 1 unspecified atom stereocenters. The number of hydrogen-bond donors (Lipinski definition) is 3. The summed E-state index contributed by atoms with van der Waals surface area (Å²) in [5, 5.41) is 9.29. The number of aryl methyl sites for hydroxylation is 2. The predicted molar refractivity (Wildman–Crippen MR) is 128 cm³/mol. The normalized spacial score (nSPS) is 19.1. The van der Waals surface area contributed by atoms with Gasteiger partial charge in [-0.15, -0.1) is 24.0 Å². The van der Waals surface area contributed by atoms with Gasteiger partial charge in [-0.25, -0.2) is 9.79 Å². The van der Waals surface area contributed by atoms with Crippen LogP contribution in [0.3, 0.4) is 0 Å². The predicted octanol–water partition coefficient (Wildman–Crippen LogP) is 3.09. The number of imide groups is 1. The molecule has 1 heterocycles. The Hall–Kier alpha value is -1.84. The van der Waals surface area contributed by atoms with Gasteiger partial charge in [0.15, 0.2) is 5.96 Å². The summed E-state index contributed by atoms with van der Waals surface area (Å²) in [6.07, 6.45) is 1.24. The molecule has 29 heavy (non-hydrogen) atoms. The van der Waals surface area contributed by atoms with Crippen molar-refractivity contribution in [1.82, 2.24) is 20.9 Å². The third-order valence-electron chi connectivity index (χ3n) is 5.15. The minimum atomic E-state index is -0.771. The lowest BCUT2D eigenvalue weighted by Gasteiger charge is -2.19. The number of hydrogen-bond acceptors (Lipinski definition) is 3. The molecule has 1 aliphatic rings. The van der Waals surface area contributed by atoms with E-state index in [0.29, 0.717) is 32.5 Å². The first-order valence-corrected chi connectivity index (χ1v) is 10.0. The van der Waals surface area contributed by atoms with Crippen LogP contribution in [0.2, 0.25) is 0 Å². The summed E-state index contributed by atoms with van der Waals surface area (Å²) in [5.74, 6) is 0.591. The van der Waals surface area contributed by atoms with E-state index in [9.17, 15) is 9.59 Å². The zero-order chi connectivity index (χ0) is 20.7. The monoisotopic (exact) mass is 515 g/mol. The summed E-state index contributed by atoms with van der Waals surface area (Å²) < 4.78 is 0. The zero-order valence-corrected chi connectivity index (χ0v) is 20.4. The summed E-state index contributed by atoms with van der Waals surface area (Å²) in [4.78, 5) is 30.4. The number of nitrogens with zero attached hydrogens (tertiary/aromatic N) is 2. The average Bonchev–Trinajstić information content (AvgIpc) is 2.87. The molecule has 0 radical (unpaired) electrons. The molecule has 162 valence electrons. The van der Waals surface area contributed by atoms with Crippen LogP contribution in [0.15, 0.2) is 23.2 Å². The Balaban J connectivity index is 0.00000420. The fourth-order valence-electron chi connectivity index (χ4n) is 3.16. The maximum Gasteiger partial charge on any atom is 0.325 e. The van der Waals surface area contributed by atoms with E-state index in [2.05, 4.69) is 53.0 Å². The van der Waals surface area contributed by atoms with Gasteiger partial charge in [0.1, 0.15) is 5.54 Å². The van der Waals surface area contributed by atoms with Crippen molar-refractivity contribution in [2.45, 2.75) is 59.5 Å². The highest BCUT2D eigenvalue weighted by molar-refractivity contribution is 14.0. The van der Waals surface area contributed by atoms with Gasteiger partial charge in [0.25, 0.3) is 5.91 Å². The van der Waals surface area contributed by atoms with Crippen LogP contribution in [-0.2, 0) is 11.3 Å². The van der Waals surface area contributed by atoms with Gasteiger partial charge in [0, 0.05) is 19.6 Å². The first kappa shape index (κ1) is 25.2. The largest absolute Gasteiger partial charge is 0.357 e. The number of rotatable bonds is 8. The maximum absolute atomic E-state index is 12.4. The quantitative estimate of drug-likeness (QED) is 0.163. The van der Waals surface area contributed by atoms with Crippen molar-refractivity contribution in [1.29, 1.82) is 0 Å². The Labute approximate surface area is 191 Å². The van der Waals surface area contributed by atoms with Crippen LogP contribution in [0.25, 0.3) is 0 Å². The topological polar surface area (TPSA) is 85.8 Å². The van der Waals surface area contributed by atoms with Crippen molar-refractivity contribution in [3.63, 3.8) is 0 Å². The third kappa shape index (κ3) is 6.58. The zero-order valence-electron chi connectivity index (χ0n) is 18.1. The van der Waals surface area contributed by atoms with Crippen molar-refractivity contribution in [2.24, 2.45) is 4.99 Å². The average molecular weight is 515 g/mol. The molecule has 0 saturated carbocycles. The smallest absolute Gasteiger partial charge is 0.325 e. The third-order valence-corrected chi connectivity index (χ3v) is 5.15. The highest BCUT2D eigenvalue weighted by atomic mass is 127. The van der Waals surface area contributed by atoms with Crippen LogP contribution < -0.4 is 16.0 Å². The standard InChI is InChI=1S/C21H33N5O2.HI/c1-6-21(5)18(27)26(20(28)25-21)12-8-11-23-19(22-7-2)24-14-17-10-9-15(3)13-16(17)4;/h9-10,13H,6-8,11-12,14H2,1-5H3,(H,25,28)(H2,22,23,24);1H. The van der Waals surface area contributed by atoms with E-state index < -0.39 is 5.54 Å². The molecule has 2 rings (SSSR count). The Bertz CT molecular complexity index is 753. The number of benzene rings is 1. The molecule has 0 aromatic heterocycles. The molecule has 8 heteroatoms. The van der Waals surface area contributed by atoms with Gasteiger partial charge in [-0.05, 0) is 51.7 Å². The molecule has 3 amide bonds. The molecule has 0 bridgehead atoms. The fourth-order valence-corrected chi connectivity index (χ4v) is 3.16. The molecule has 0 aliphatic carbocycles. The summed E-state index contributed by atoms with van der Waals surface area (Å²) in [6.45, 7) is 12.3. The van der Waals surface area contributed by atoms with Crippen LogP contribution >= 0.6 is 24.0 Å². The van der Waals surface area contributed by atoms with Gasteiger partial charge >= 0.3 is 6.03 Å². The summed E-state index contributed by atoms with van der Waals surface area (Å²) in [5.41, 5.74) is 2.90. The Kier molecular flexibility index (Phi) is 9.88. The lowest BCUT2D eigenvalue weighted by atomic mass is 9.99. The molecule has 3 N–H and O–H groups in total. The van der Waals surface area contributed by atoms with Gasteiger partial charge in [-0.1, -0.05) is 30.7 Å². The summed E-state index contributed by atoms with van der Waals surface area (Å²) >= 11 is 0. The lowest BCUT2D eigenvalue weighted by molar-refractivity contribution is -0.130. The first-order chi connectivity index (χ1) is 13.3. The number of guanidine groups is 1. The molecule has 1 fully saturated rings. The van der Waals surface area contributed by atoms with Gasteiger partial charge < -0.3 is 16.0 Å². The van der Waals surface area contributed by atoms with Crippen molar-refractivity contribution in [3.05, 3.63) is 34.9 Å². The number of aliphatic imine (C=N–C) groups is 1. The number of urea groups is 1. The minimum Gasteiger partial charge on any atom is -0.357 e. The van der Waals surface area contributed by atoms with Crippen molar-refractivity contribution < 1.29 is 9.59 Å². The van der Waals surface area contributed by atoms with Gasteiger partial charge in [-0.3, -0.25) is 9.69 Å².